The van der Waals surface area contributed by atoms with Crippen LogP contribution in [0.5, 0.6) is 0 Å². The van der Waals surface area contributed by atoms with Crippen molar-refractivity contribution in [3.05, 3.63) is 32.6 Å². The van der Waals surface area contributed by atoms with E-state index in [4.69, 9.17) is 0 Å². The lowest BCUT2D eigenvalue weighted by Gasteiger charge is -2.09. The number of nitrogens with zero attached hydrogens (tertiary/aromatic N) is 1. The van der Waals surface area contributed by atoms with Gasteiger partial charge in [0.2, 0.25) is 0 Å². The molecule has 1 heterocycles. The van der Waals surface area contributed by atoms with E-state index in [2.05, 4.69) is 24.1 Å². The Morgan fingerprint density at radius 2 is 2.12 bits per heavy atom. The van der Waals surface area contributed by atoms with Crippen molar-refractivity contribution in [2.24, 2.45) is 5.92 Å². The minimum atomic E-state index is -0.335. The van der Waals surface area contributed by atoms with Crippen LogP contribution >= 0.6 is 0 Å². The standard InChI is InChI=1S/C12H21N3O2/c1-4-10-8-15(12(17)14-11(10)16)6-5-13-7-9(2)3/h8-9,13H,4-7H2,1-3H3,(H,14,16,17). The molecule has 5 nitrogen and oxygen atoms in total. The lowest BCUT2D eigenvalue weighted by atomic mass is 10.2. The minimum absolute atomic E-state index is 0.274. The van der Waals surface area contributed by atoms with Gasteiger partial charge in [-0.25, -0.2) is 4.79 Å². The third-order valence-electron chi connectivity index (χ3n) is 2.55. The van der Waals surface area contributed by atoms with Gasteiger partial charge in [-0.05, 0) is 18.9 Å². The third kappa shape index (κ3) is 4.19. The third-order valence-corrected chi connectivity index (χ3v) is 2.55. The predicted octanol–water partition coefficient (Wildman–Crippen LogP) is 0.345. The average molecular weight is 239 g/mol. The maximum absolute atomic E-state index is 11.5. The number of aromatic amines is 1. The number of hydrogen-bond acceptors (Lipinski definition) is 3. The zero-order valence-corrected chi connectivity index (χ0v) is 10.7. The quantitative estimate of drug-likeness (QED) is 0.704. The molecule has 0 saturated carbocycles. The van der Waals surface area contributed by atoms with Crippen molar-refractivity contribution in [1.29, 1.82) is 0 Å². The Morgan fingerprint density at radius 1 is 1.41 bits per heavy atom. The van der Waals surface area contributed by atoms with Gasteiger partial charge in [-0.1, -0.05) is 20.8 Å². The highest BCUT2D eigenvalue weighted by Gasteiger charge is 2.02. The monoisotopic (exact) mass is 239 g/mol. The lowest BCUT2D eigenvalue weighted by molar-refractivity contribution is 0.514. The number of nitrogens with one attached hydrogen (secondary N) is 2. The van der Waals surface area contributed by atoms with Crippen molar-refractivity contribution in [3.63, 3.8) is 0 Å². The van der Waals surface area contributed by atoms with Gasteiger partial charge in [0.1, 0.15) is 0 Å². The van der Waals surface area contributed by atoms with Crippen LogP contribution < -0.4 is 16.6 Å². The Kier molecular flexibility index (Phi) is 5.15. The average Bonchev–Trinajstić information content (AvgIpc) is 2.26. The summed E-state index contributed by atoms with van der Waals surface area (Å²) in [5, 5.41) is 3.26. The van der Waals surface area contributed by atoms with E-state index in [1.54, 1.807) is 10.8 Å². The Hall–Kier alpha value is -1.36. The molecule has 0 aliphatic carbocycles. The van der Waals surface area contributed by atoms with Crippen LogP contribution in [0, 0.1) is 5.92 Å². The van der Waals surface area contributed by atoms with E-state index in [0.717, 1.165) is 13.1 Å². The lowest BCUT2D eigenvalue weighted by Crippen LogP contribution is -2.34. The second kappa shape index (κ2) is 6.39. The van der Waals surface area contributed by atoms with Gasteiger partial charge in [0.25, 0.3) is 5.56 Å². The summed E-state index contributed by atoms with van der Waals surface area (Å²) in [5.41, 5.74) is 0.0379. The first-order valence-corrected chi connectivity index (χ1v) is 6.08. The number of H-pyrrole nitrogens is 1. The van der Waals surface area contributed by atoms with E-state index in [1.165, 1.54) is 0 Å². The Labute approximate surface area is 101 Å². The van der Waals surface area contributed by atoms with Crippen molar-refractivity contribution in [1.82, 2.24) is 14.9 Å². The molecule has 0 saturated heterocycles. The first-order chi connectivity index (χ1) is 8.04. The maximum Gasteiger partial charge on any atom is 0.328 e. The molecule has 0 fully saturated rings. The molecular weight excluding hydrogens is 218 g/mol. The molecule has 0 aromatic carbocycles. The minimum Gasteiger partial charge on any atom is -0.315 e. The molecule has 17 heavy (non-hydrogen) atoms. The zero-order valence-electron chi connectivity index (χ0n) is 10.7. The first kappa shape index (κ1) is 13.7. The smallest absolute Gasteiger partial charge is 0.315 e. The van der Waals surface area contributed by atoms with Crippen LogP contribution in [-0.4, -0.2) is 22.6 Å². The molecular formula is C12H21N3O2. The van der Waals surface area contributed by atoms with Crippen LogP contribution in [0.25, 0.3) is 0 Å². The summed E-state index contributed by atoms with van der Waals surface area (Å²) in [5.74, 6) is 0.591. The van der Waals surface area contributed by atoms with E-state index < -0.39 is 0 Å². The van der Waals surface area contributed by atoms with E-state index >= 15 is 0 Å². The molecule has 1 aromatic heterocycles. The summed E-state index contributed by atoms with van der Waals surface area (Å²) in [7, 11) is 0. The Morgan fingerprint density at radius 3 is 2.71 bits per heavy atom. The van der Waals surface area contributed by atoms with Gasteiger partial charge >= 0.3 is 5.69 Å². The highest BCUT2D eigenvalue weighted by atomic mass is 16.2. The largest absolute Gasteiger partial charge is 0.328 e. The van der Waals surface area contributed by atoms with Crippen molar-refractivity contribution in [2.45, 2.75) is 33.7 Å². The highest BCUT2D eigenvalue weighted by molar-refractivity contribution is 5.03. The first-order valence-electron chi connectivity index (χ1n) is 6.08. The van der Waals surface area contributed by atoms with Crippen molar-refractivity contribution in [2.75, 3.05) is 13.1 Å². The fraction of sp³-hybridized carbons (Fsp3) is 0.667. The van der Waals surface area contributed by atoms with Crippen LogP contribution in [-0.2, 0) is 13.0 Å². The zero-order chi connectivity index (χ0) is 12.8. The van der Waals surface area contributed by atoms with Crippen LogP contribution in [0.3, 0.4) is 0 Å². The predicted molar refractivity (Wildman–Crippen MR) is 68.4 cm³/mol. The van der Waals surface area contributed by atoms with Crippen molar-refractivity contribution >= 4 is 0 Å². The molecule has 0 unspecified atom stereocenters. The van der Waals surface area contributed by atoms with Crippen molar-refractivity contribution in [3.8, 4) is 0 Å². The molecule has 0 radical (unpaired) electrons. The fourth-order valence-electron chi connectivity index (χ4n) is 1.56. The normalized spacial score (nSPS) is 11.1. The summed E-state index contributed by atoms with van der Waals surface area (Å²) in [6.45, 7) is 8.40. The summed E-state index contributed by atoms with van der Waals surface area (Å²) in [6.07, 6.45) is 2.28. The van der Waals surface area contributed by atoms with Gasteiger partial charge in [-0.15, -0.1) is 0 Å². The van der Waals surface area contributed by atoms with Crippen molar-refractivity contribution < 1.29 is 0 Å². The number of aromatic nitrogens is 2. The van der Waals surface area contributed by atoms with Gasteiger partial charge in [-0.3, -0.25) is 14.3 Å². The summed E-state index contributed by atoms with van der Waals surface area (Å²) in [6, 6.07) is 0. The molecule has 0 aliphatic rings. The van der Waals surface area contributed by atoms with Gasteiger partial charge < -0.3 is 5.32 Å². The second-order valence-electron chi connectivity index (χ2n) is 4.56. The Bertz CT molecular complexity index is 460. The number of rotatable bonds is 6. The SMILES string of the molecule is CCc1cn(CCNCC(C)C)c(=O)[nH]c1=O. The molecule has 1 rings (SSSR count). The molecule has 0 atom stereocenters. The maximum atomic E-state index is 11.5. The molecule has 0 aliphatic heterocycles. The molecule has 1 aromatic rings. The van der Waals surface area contributed by atoms with Crippen LogP contribution in [0.15, 0.2) is 15.8 Å². The fourth-order valence-corrected chi connectivity index (χ4v) is 1.56. The highest BCUT2D eigenvalue weighted by Crippen LogP contribution is 1.89. The molecule has 2 N–H and O–H groups in total. The van der Waals surface area contributed by atoms with E-state index in [9.17, 15) is 9.59 Å². The molecule has 0 bridgehead atoms. The second-order valence-corrected chi connectivity index (χ2v) is 4.56. The summed E-state index contributed by atoms with van der Waals surface area (Å²) >= 11 is 0. The van der Waals surface area contributed by atoms with E-state index in [-0.39, 0.29) is 11.2 Å². The van der Waals surface area contributed by atoms with E-state index in [0.29, 0.717) is 24.4 Å². The van der Waals surface area contributed by atoms with Crippen LogP contribution in [0.1, 0.15) is 26.3 Å². The summed E-state index contributed by atoms with van der Waals surface area (Å²) in [4.78, 5) is 25.2. The number of hydrogen-bond donors (Lipinski definition) is 2. The van der Waals surface area contributed by atoms with Gasteiger partial charge in [0.15, 0.2) is 0 Å². The van der Waals surface area contributed by atoms with E-state index in [1.807, 2.05) is 6.92 Å². The molecule has 96 valence electrons. The summed E-state index contributed by atoms with van der Waals surface area (Å²) < 4.78 is 1.55. The molecule has 0 spiro atoms. The number of aryl methyl sites for hydroxylation is 1. The molecule has 0 amide bonds. The van der Waals surface area contributed by atoms with Gasteiger partial charge in [-0.2, -0.15) is 0 Å². The van der Waals surface area contributed by atoms with Crippen LogP contribution in [0.2, 0.25) is 0 Å². The van der Waals surface area contributed by atoms with Crippen LogP contribution in [0.4, 0.5) is 0 Å². The van der Waals surface area contributed by atoms with Gasteiger partial charge in [0, 0.05) is 24.8 Å². The van der Waals surface area contributed by atoms with Gasteiger partial charge in [0.05, 0.1) is 0 Å². The topological polar surface area (TPSA) is 66.9 Å². The Balaban J connectivity index is 2.65. The molecule has 5 heteroatoms.